The first kappa shape index (κ1) is 22.0. The van der Waals surface area contributed by atoms with Gasteiger partial charge in [-0.2, -0.15) is 5.10 Å². The smallest absolute Gasteiger partial charge is 0.252 e. The number of amides is 1. The minimum atomic E-state index is -0.266. The summed E-state index contributed by atoms with van der Waals surface area (Å²) < 4.78 is 20.9. The lowest BCUT2D eigenvalue weighted by atomic mass is 10.0. The van der Waals surface area contributed by atoms with Crippen LogP contribution in [0.5, 0.6) is 0 Å². The van der Waals surface area contributed by atoms with E-state index >= 15 is 0 Å². The Bertz CT molecular complexity index is 1130. The van der Waals surface area contributed by atoms with E-state index in [9.17, 15) is 9.18 Å². The average molecular weight is 452 g/mol. The molecule has 1 saturated carbocycles. The SMILES string of the molecule is CC(C)n1ncc2c(C(=O)NCC(c3ccc(F)cc3)N3CCOCC3)cc(C3CC3)nc21. The normalized spacial score (nSPS) is 18.1. The molecule has 1 aromatic carbocycles. The maximum absolute atomic E-state index is 13.5. The standard InChI is InChI=1S/C25H30FN5O2/c1-16(2)31-24-21(14-28-31)20(13-22(29-24)17-3-4-17)25(32)27-15-23(30-9-11-33-12-10-30)18-5-7-19(26)8-6-18/h5-8,13-14,16-17,23H,3-4,9-12,15H2,1-2H3,(H,27,32). The van der Waals surface area contributed by atoms with Gasteiger partial charge in [0.1, 0.15) is 5.82 Å². The van der Waals surface area contributed by atoms with Crippen LogP contribution in [0.4, 0.5) is 4.39 Å². The summed E-state index contributed by atoms with van der Waals surface area (Å²) >= 11 is 0. The van der Waals surface area contributed by atoms with Gasteiger partial charge in [0.05, 0.1) is 36.4 Å². The highest BCUT2D eigenvalue weighted by Gasteiger charge is 2.29. The van der Waals surface area contributed by atoms with E-state index < -0.39 is 0 Å². The van der Waals surface area contributed by atoms with Crippen LogP contribution in [0.25, 0.3) is 11.0 Å². The Morgan fingerprint density at radius 2 is 1.94 bits per heavy atom. The first-order chi connectivity index (χ1) is 16.0. The van der Waals surface area contributed by atoms with E-state index in [1.54, 1.807) is 18.3 Å². The van der Waals surface area contributed by atoms with E-state index in [2.05, 4.69) is 29.2 Å². The summed E-state index contributed by atoms with van der Waals surface area (Å²) in [5, 5.41) is 8.42. The minimum absolute atomic E-state index is 0.0583. The minimum Gasteiger partial charge on any atom is -0.379 e. The van der Waals surface area contributed by atoms with Gasteiger partial charge >= 0.3 is 0 Å². The van der Waals surface area contributed by atoms with Gasteiger partial charge in [-0.3, -0.25) is 9.69 Å². The topological polar surface area (TPSA) is 72.3 Å². The fourth-order valence-corrected chi connectivity index (χ4v) is 4.51. The number of halogens is 1. The van der Waals surface area contributed by atoms with Crippen LogP contribution in [-0.4, -0.2) is 58.4 Å². The molecule has 33 heavy (non-hydrogen) atoms. The second-order valence-corrected chi connectivity index (χ2v) is 9.21. The third-order valence-electron chi connectivity index (χ3n) is 6.51. The maximum atomic E-state index is 13.5. The number of pyridine rings is 1. The molecule has 8 heteroatoms. The van der Waals surface area contributed by atoms with E-state index in [1.165, 1.54) is 12.1 Å². The summed E-state index contributed by atoms with van der Waals surface area (Å²) in [5.41, 5.74) is 3.33. The number of fused-ring (bicyclic) bond motifs is 1. The molecule has 1 amide bonds. The third-order valence-corrected chi connectivity index (χ3v) is 6.51. The predicted molar refractivity (Wildman–Crippen MR) is 124 cm³/mol. The highest BCUT2D eigenvalue weighted by Crippen LogP contribution is 2.40. The van der Waals surface area contributed by atoms with Crippen molar-refractivity contribution in [2.24, 2.45) is 0 Å². The van der Waals surface area contributed by atoms with E-state index in [4.69, 9.17) is 9.72 Å². The number of nitrogens with one attached hydrogen (secondary N) is 1. The summed E-state index contributed by atoms with van der Waals surface area (Å²) in [4.78, 5) is 20.6. The molecule has 0 bridgehead atoms. The zero-order valence-electron chi connectivity index (χ0n) is 19.1. The highest BCUT2D eigenvalue weighted by molar-refractivity contribution is 6.05. The molecule has 1 atom stereocenters. The Hall–Kier alpha value is -2.84. The lowest BCUT2D eigenvalue weighted by molar-refractivity contribution is 0.0162. The summed E-state index contributed by atoms with van der Waals surface area (Å²) in [6, 6.07) is 8.57. The third kappa shape index (κ3) is 4.63. The van der Waals surface area contributed by atoms with E-state index in [-0.39, 0.29) is 23.8 Å². The van der Waals surface area contributed by atoms with Crippen LogP contribution in [0.15, 0.2) is 36.5 Å². The lowest BCUT2D eigenvalue weighted by Crippen LogP contribution is -2.43. The Morgan fingerprint density at radius 3 is 2.61 bits per heavy atom. The quantitative estimate of drug-likeness (QED) is 0.591. The van der Waals surface area contributed by atoms with E-state index in [1.807, 2.05) is 10.7 Å². The number of carbonyl (C=O) groups is 1. The van der Waals surface area contributed by atoms with Crippen LogP contribution < -0.4 is 5.32 Å². The fourth-order valence-electron chi connectivity index (χ4n) is 4.51. The number of benzene rings is 1. The second-order valence-electron chi connectivity index (χ2n) is 9.21. The van der Waals surface area contributed by atoms with Crippen molar-refractivity contribution in [3.05, 3.63) is 59.2 Å². The van der Waals surface area contributed by atoms with Crippen molar-refractivity contribution in [3.8, 4) is 0 Å². The Labute approximate surface area is 192 Å². The molecule has 3 aromatic rings. The van der Waals surface area contributed by atoms with Gasteiger partial charge in [0.25, 0.3) is 5.91 Å². The number of ether oxygens (including phenoxy) is 1. The zero-order chi connectivity index (χ0) is 22.9. The molecule has 7 nitrogen and oxygen atoms in total. The molecule has 5 rings (SSSR count). The summed E-state index contributed by atoms with van der Waals surface area (Å²) in [7, 11) is 0. The van der Waals surface area contributed by atoms with Crippen LogP contribution in [-0.2, 0) is 4.74 Å². The van der Waals surface area contributed by atoms with E-state index in [0.717, 1.165) is 48.2 Å². The first-order valence-corrected chi connectivity index (χ1v) is 11.7. The predicted octanol–water partition coefficient (Wildman–Crippen LogP) is 3.83. The molecule has 0 spiro atoms. The van der Waals surface area contributed by atoms with Crippen LogP contribution in [0.3, 0.4) is 0 Å². The van der Waals surface area contributed by atoms with Crippen LogP contribution in [0, 0.1) is 5.82 Å². The molecule has 3 heterocycles. The fraction of sp³-hybridized carbons (Fsp3) is 0.480. The molecular formula is C25H30FN5O2. The number of nitrogens with zero attached hydrogens (tertiary/aromatic N) is 4. The van der Waals surface area contributed by atoms with Crippen molar-refractivity contribution in [2.75, 3.05) is 32.8 Å². The second kappa shape index (κ2) is 9.19. The first-order valence-electron chi connectivity index (χ1n) is 11.7. The molecule has 2 aliphatic rings. The van der Waals surface area contributed by atoms with Crippen LogP contribution in [0.1, 0.15) is 66.3 Å². The number of hydrogen-bond donors (Lipinski definition) is 1. The summed E-state index contributed by atoms with van der Waals surface area (Å²) in [5.74, 6) is 0.0298. The van der Waals surface area contributed by atoms with Gasteiger partial charge in [0.2, 0.25) is 0 Å². The van der Waals surface area contributed by atoms with Crippen LogP contribution >= 0.6 is 0 Å². The zero-order valence-corrected chi connectivity index (χ0v) is 19.1. The number of aromatic nitrogens is 3. The van der Waals surface area contributed by atoms with Crippen molar-refractivity contribution in [1.82, 2.24) is 25.0 Å². The number of carbonyl (C=O) groups excluding carboxylic acids is 1. The molecule has 174 valence electrons. The number of morpholine rings is 1. The van der Waals surface area contributed by atoms with Crippen molar-refractivity contribution < 1.29 is 13.9 Å². The molecule has 1 saturated heterocycles. The molecule has 0 radical (unpaired) electrons. The molecule has 2 fully saturated rings. The average Bonchev–Trinajstić information content (AvgIpc) is 3.59. The molecular weight excluding hydrogens is 421 g/mol. The Balaban J connectivity index is 1.42. The van der Waals surface area contributed by atoms with Gasteiger partial charge in [-0.05, 0) is 50.5 Å². The van der Waals surface area contributed by atoms with Crippen molar-refractivity contribution in [1.29, 1.82) is 0 Å². The van der Waals surface area contributed by atoms with Crippen molar-refractivity contribution in [2.45, 2.75) is 44.7 Å². The summed E-state index contributed by atoms with van der Waals surface area (Å²) in [6.45, 7) is 7.38. The molecule has 1 aliphatic carbocycles. The number of rotatable bonds is 7. The maximum Gasteiger partial charge on any atom is 0.252 e. The van der Waals surface area contributed by atoms with E-state index in [0.29, 0.717) is 31.2 Å². The largest absolute Gasteiger partial charge is 0.379 e. The molecule has 1 aliphatic heterocycles. The van der Waals surface area contributed by atoms with Gasteiger partial charge in [0, 0.05) is 37.3 Å². The van der Waals surface area contributed by atoms with Gasteiger partial charge in [-0.1, -0.05) is 12.1 Å². The van der Waals surface area contributed by atoms with Gasteiger partial charge in [-0.25, -0.2) is 14.1 Å². The Morgan fingerprint density at radius 1 is 1.21 bits per heavy atom. The highest BCUT2D eigenvalue weighted by atomic mass is 19.1. The van der Waals surface area contributed by atoms with Crippen molar-refractivity contribution in [3.63, 3.8) is 0 Å². The number of hydrogen-bond acceptors (Lipinski definition) is 5. The molecule has 1 unspecified atom stereocenters. The van der Waals surface area contributed by atoms with Crippen molar-refractivity contribution >= 4 is 16.9 Å². The monoisotopic (exact) mass is 451 g/mol. The van der Waals surface area contributed by atoms with Gasteiger partial charge in [0.15, 0.2) is 5.65 Å². The van der Waals surface area contributed by atoms with Gasteiger partial charge < -0.3 is 10.1 Å². The molecule has 2 aromatic heterocycles. The van der Waals surface area contributed by atoms with Crippen LogP contribution in [0.2, 0.25) is 0 Å². The Kier molecular flexibility index (Phi) is 6.12. The summed E-state index contributed by atoms with van der Waals surface area (Å²) in [6.07, 6.45) is 3.96. The lowest BCUT2D eigenvalue weighted by Gasteiger charge is -2.35. The molecule has 1 N–H and O–H groups in total. The van der Waals surface area contributed by atoms with Gasteiger partial charge in [-0.15, -0.1) is 0 Å².